The number of thiocarbonyl (C=S) groups is 1. The van der Waals surface area contributed by atoms with Gasteiger partial charge in [0.05, 0.1) is 12.0 Å². The summed E-state index contributed by atoms with van der Waals surface area (Å²) in [6, 6.07) is 0. The maximum absolute atomic E-state index is 10.2. The van der Waals surface area contributed by atoms with E-state index in [4.69, 9.17) is 22.7 Å². The van der Waals surface area contributed by atoms with Crippen molar-refractivity contribution in [3.8, 4) is 0 Å². The average molecular weight is 339 g/mol. The largest absolute Gasteiger partial charge is 0.394 e. The zero-order chi connectivity index (χ0) is 16.7. The van der Waals surface area contributed by atoms with Gasteiger partial charge in [-0.05, 0) is 0 Å². The molecule has 1 aliphatic heterocycles. The number of aliphatic hydroxyl groups is 3. The van der Waals surface area contributed by atoms with Gasteiger partial charge in [-0.15, -0.1) is 0 Å². The normalized spacial score (nSPS) is 27.5. The van der Waals surface area contributed by atoms with E-state index in [2.05, 4.69) is 15.3 Å². The van der Waals surface area contributed by atoms with Crippen molar-refractivity contribution >= 4 is 34.1 Å². The maximum Gasteiger partial charge on any atom is 0.164 e. The van der Waals surface area contributed by atoms with E-state index in [1.807, 2.05) is 0 Å². The highest BCUT2D eigenvalue weighted by Crippen LogP contribution is 2.34. The van der Waals surface area contributed by atoms with Crippen LogP contribution in [0, 0.1) is 0 Å². The third kappa shape index (κ3) is 2.44. The molecule has 3 heterocycles. The predicted octanol–water partition coefficient (Wildman–Crippen LogP) is -1.28. The number of anilines is 1. The molecule has 0 amide bonds. The number of nitrogens with two attached hydrogens (primary N) is 1. The molecule has 10 heteroatoms. The minimum Gasteiger partial charge on any atom is -0.394 e. The van der Waals surface area contributed by atoms with Gasteiger partial charge in [0.15, 0.2) is 6.23 Å². The number of aliphatic hydroxyl groups excluding tert-OH is 3. The Labute approximate surface area is 136 Å². The first kappa shape index (κ1) is 16.0. The van der Waals surface area contributed by atoms with Crippen LogP contribution in [0.4, 0.5) is 5.82 Å². The second-order valence-electron chi connectivity index (χ2n) is 5.21. The summed E-state index contributed by atoms with van der Waals surface area (Å²) in [7, 11) is 1.70. The Morgan fingerprint density at radius 2 is 2.17 bits per heavy atom. The molecule has 1 saturated heterocycles. The van der Waals surface area contributed by atoms with Crippen LogP contribution in [0.2, 0.25) is 0 Å². The van der Waals surface area contributed by atoms with Crippen molar-refractivity contribution in [3.63, 3.8) is 0 Å². The van der Waals surface area contributed by atoms with Crippen molar-refractivity contribution in [1.29, 1.82) is 0 Å². The van der Waals surface area contributed by atoms with Gasteiger partial charge >= 0.3 is 0 Å². The van der Waals surface area contributed by atoms with Crippen LogP contribution in [0.15, 0.2) is 12.5 Å². The summed E-state index contributed by atoms with van der Waals surface area (Å²) in [5.41, 5.74) is 6.74. The fourth-order valence-corrected chi connectivity index (χ4v) is 2.92. The molecule has 0 aliphatic carbocycles. The van der Waals surface area contributed by atoms with Gasteiger partial charge in [0.25, 0.3) is 0 Å². The quantitative estimate of drug-likeness (QED) is 0.431. The summed E-state index contributed by atoms with van der Waals surface area (Å²) in [4.78, 5) is 8.48. The van der Waals surface area contributed by atoms with E-state index in [1.165, 1.54) is 10.9 Å². The number of nitrogens with one attached hydrogen (secondary N) is 1. The molecule has 124 valence electrons. The molecule has 1 aliphatic rings. The topological polar surface area (TPSA) is 139 Å². The zero-order valence-corrected chi connectivity index (χ0v) is 13.1. The molecule has 4 atom stereocenters. The minimum absolute atomic E-state index is 0.145. The van der Waals surface area contributed by atoms with Gasteiger partial charge in [-0.25, -0.2) is 9.97 Å². The average Bonchev–Trinajstić information content (AvgIpc) is 3.06. The van der Waals surface area contributed by atoms with Crippen molar-refractivity contribution in [1.82, 2.24) is 14.5 Å². The lowest BCUT2D eigenvalue weighted by atomic mass is 10.1. The van der Waals surface area contributed by atoms with Gasteiger partial charge in [-0.1, -0.05) is 12.2 Å². The minimum atomic E-state index is -1.23. The molecule has 2 aromatic heterocycles. The molecule has 1 fully saturated rings. The van der Waals surface area contributed by atoms with Crippen molar-refractivity contribution in [3.05, 3.63) is 18.1 Å². The van der Waals surface area contributed by atoms with E-state index in [9.17, 15) is 15.3 Å². The first-order chi connectivity index (χ1) is 11.0. The third-order valence-corrected chi connectivity index (χ3v) is 4.12. The number of fused-ring (bicyclic) bond motifs is 1. The Balaban J connectivity index is 2.18. The molecule has 2 aromatic rings. The lowest BCUT2D eigenvalue weighted by molar-refractivity contribution is -0.0508. The van der Waals surface area contributed by atoms with Gasteiger partial charge in [0.1, 0.15) is 41.1 Å². The highest BCUT2D eigenvalue weighted by Gasteiger charge is 2.44. The molecule has 0 radical (unpaired) electrons. The zero-order valence-electron chi connectivity index (χ0n) is 12.2. The van der Waals surface area contributed by atoms with Gasteiger partial charge in [0.2, 0.25) is 0 Å². The Kier molecular flexibility index (Phi) is 4.17. The molecule has 6 N–H and O–H groups in total. The molecule has 23 heavy (non-hydrogen) atoms. The van der Waals surface area contributed by atoms with E-state index in [-0.39, 0.29) is 4.99 Å². The van der Waals surface area contributed by atoms with E-state index >= 15 is 0 Å². The smallest absolute Gasteiger partial charge is 0.164 e. The number of hydrogen-bond donors (Lipinski definition) is 5. The molecular weight excluding hydrogens is 322 g/mol. The van der Waals surface area contributed by atoms with Gasteiger partial charge in [0, 0.05) is 18.8 Å². The summed E-state index contributed by atoms with van der Waals surface area (Å²) < 4.78 is 7.08. The number of nitrogens with zero attached hydrogens (tertiary/aromatic N) is 3. The monoisotopic (exact) mass is 339 g/mol. The van der Waals surface area contributed by atoms with Crippen molar-refractivity contribution in [2.45, 2.75) is 24.5 Å². The number of rotatable bonds is 4. The van der Waals surface area contributed by atoms with E-state index < -0.39 is 31.1 Å². The van der Waals surface area contributed by atoms with E-state index in [1.54, 1.807) is 13.2 Å². The van der Waals surface area contributed by atoms with Gasteiger partial charge < -0.3 is 35.7 Å². The lowest BCUT2D eigenvalue weighted by Crippen LogP contribution is -2.33. The molecule has 0 spiro atoms. The van der Waals surface area contributed by atoms with Crippen LogP contribution < -0.4 is 11.1 Å². The number of aromatic nitrogens is 3. The molecule has 0 aromatic carbocycles. The van der Waals surface area contributed by atoms with E-state index in [0.29, 0.717) is 22.4 Å². The van der Waals surface area contributed by atoms with Crippen molar-refractivity contribution in [2.75, 3.05) is 19.0 Å². The summed E-state index contributed by atoms with van der Waals surface area (Å²) in [6.07, 6.45) is -1.28. The second kappa shape index (κ2) is 5.98. The van der Waals surface area contributed by atoms with Crippen LogP contribution in [0.5, 0.6) is 0 Å². The van der Waals surface area contributed by atoms with Crippen LogP contribution in [0.25, 0.3) is 11.0 Å². The number of ether oxygens (including phenoxy) is 1. The molecule has 0 unspecified atom stereocenters. The van der Waals surface area contributed by atoms with E-state index in [0.717, 1.165) is 0 Å². The standard InChI is InChI=1S/C13H17N5O4S/c1-15-11-7-5(10(14)23)2-18(12(7)17-4-16-11)13-9(21)8(20)6(3-19)22-13/h2,4,6,8-9,13,19-21H,3H2,1H3,(H2,14,23)(H,15,16,17)/t6-,8+,9+,13+/m0/s1. The fraction of sp³-hybridized carbons (Fsp3) is 0.462. The van der Waals surface area contributed by atoms with Crippen molar-refractivity contribution in [2.24, 2.45) is 5.73 Å². The number of hydrogen-bond acceptors (Lipinski definition) is 8. The summed E-state index contributed by atoms with van der Waals surface area (Å²) in [5.74, 6) is 0.531. The van der Waals surface area contributed by atoms with Gasteiger partial charge in [-0.2, -0.15) is 0 Å². The Morgan fingerprint density at radius 1 is 1.43 bits per heavy atom. The van der Waals surface area contributed by atoms with Crippen LogP contribution in [0.3, 0.4) is 0 Å². The summed E-state index contributed by atoms with van der Waals surface area (Å²) in [6.45, 7) is -0.410. The first-order valence-electron chi connectivity index (χ1n) is 6.95. The SMILES string of the molecule is CNc1ncnc2c1c(C(N)=S)cn2[C@@H]1O[C@@H](CO)[C@@H](O)[C@H]1O. The maximum atomic E-state index is 10.2. The lowest BCUT2D eigenvalue weighted by Gasteiger charge is -2.17. The third-order valence-electron chi connectivity index (χ3n) is 3.90. The molecule has 0 saturated carbocycles. The Hall–Kier alpha value is -1.85. The van der Waals surface area contributed by atoms with Crippen LogP contribution in [-0.4, -0.2) is 66.8 Å². The molecule has 9 nitrogen and oxygen atoms in total. The Morgan fingerprint density at radius 3 is 2.74 bits per heavy atom. The Bertz CT molecular complexity index is 751. The van der Waals surface area contributed by atoms with Crippen LogP contribution in [-0.2, 0) is 4.74 Å². The molecule has 0 bridgehead atoms. The fourth-order valence-electron chi connectivity index (χ4n) is 2.77. The van der Waals surface area contributed by atoms with Gasteiger partial charge in [-0.3, -0.25) is 0 Å². The second-order valence-corrected chi connectivity index (χ2v) is 5.65. The first-order valence-corrected chi connectivity index (χ1v) is 7.36. The summed E-state index contributed by atoms with van der Waals surface area (Å²) in [5, 5.41) is 32.9. The highest BCUT2D eigenvalue weighted by molar-refractivity contribution is 7.80. The van der Waals surface area contributed by atoms with Crippen molar-refractivity contribution < 1.29 is 20.1 Å². The van der Waals surface area contributed by atoms with Crippen LogP contribution in [0.1, 0.15) is 11.8 Å². The summed E-state index contributed by atoms with van der Waals surface area (Å²) >= 11 is 5.07. The molecule has 3 rings (SSSR count). The van der Waals surface area contributed by atoms with Crippen LogP contribution >= 0.6 is 12.2 Å². The molecular formula is C13H17N5O4S. The predicted molar refractivity (Wildman–Crippen MR) is 86.0 cm³/mol. The highest BCUT2D eigenvalue weighted by atomic mass is 32.1.